The van der Waals surface area contributed by atoms with Crippen molar-refractivity contribution in [3.63, 3.8) is 0 Å². The predicted octanol–water partition coefficient (Wildman–Crippen LogP) is 1.34. The Morgan fingerprint density at radius 2 is 2.46 bits per heavy atom. The first-order chi connectivity index (χ1) is 6.31. The standard InChI is InChI=1S/C10H11N3/c1-13-4-2-3-8-5-9(6-11)12-7-10(8)13/h5,7H,2-4H2,1H3. The second-order valence-electron chi connectivity index (χ2n) is 3.34. The van der Waals surface area contributed by atoms with Crippen LogP contribution in [0.3, 0.4) is 0 Å². The second kappa shape index (κ2) is 3.06. The maximum atomic E-state index is 8.68. The van der Waals surface area contributed by atoms with Crippen molar-refractivity contribution < 1.29 is 0 Å². The molecule has 66 valence electrons. The molecule has 13 heavy (non-hydrogen) atoms. The molecular weight excluding hydrogens is 162 g/mol. The highest BCUT2D eigenvalue weighted by molar-refractivity contribution is 5.54. The molecular formula is C10H11N3. The number of nitrogens with zero attached hydrogens (tertiary/aromatic N) is 3. The van der Waals surface area contributed by atoms with Crippen molar-refractivity contribution in [2.75, 3.05) is 18.5 Å². The van der Waals surface area contributed by atoms with Gasteiger partial charge in [0.1, 0.15) is 11.8 Å². The van der Waals surface area contributed by atoms with Gasteiger partial charge < -0.3 is 4.90 Å². The number of hydrogen-bond donors (Lipinski definition) is 0. The molecule has 2 heterocycles. The molecule has 0 spiro atoms. The lowest BCUT2D eigenvalue weighted by molar-refractivity contribution is 0.740. The summed E-state index contributed by atoms with van der Waals surface area (Å²) < 4.78 is 0. The summed E-state index contributed by atoms with van der Waals surface area (Å²) in [7, 11) is 2.06. The van der Waals surface area contributed by atoms with E-state index >= 15 is 0 Å². The minimum atomic E-state index is 0.522. The van der Waals surface area contributed by atoms with Gasteiger partial charge >= 0.3 is 0 Å². The number of nitriles is 1. The van der Waals surface area contributed by atoms with Crippen LogP contribution in [0.15, 0.2) is 12.3 Å². The van der Waals surface area contributed by atoms with Crippen molar-refractivity contribution in [2.24, 2.45) is 0 Å². The van der Waals surface area contributed by atoms with Crippen molar-refractivity contribution in [3.05, 3.63) is 23.5 Å². The first-order valence-corrected chi connectivity index (χ1v) is 4.41. The monoisotopic (exact) mass is 173 g/mol. The van der Waals surface area contributed by atoms with Crippen LogP contribution in [0.25, 0.3) is 0 Å². The predicted molar refractivity (Wildman–Crippen MR) is 50.5 cm³/mol. The minimum Gasteiger partial charge on any atom is -0.373 e. The Kier molecular flexibility index (Phi) is 1.90. The molecule has 0 unspecified atom stereocenters. The van der Waals surface area contributed by atoms with Crippen molar-refractivity contribution in [1.29, 1.82) is 5.26 Å². The first-order valence-electron chi connectivity index (χ1n) is 4.41. The van der Waals surface area contributed by atoms with Gasteiger partial charge in [-0.05, 0) is 24.5 Å². The van der Waals surface area contributed by atoms with E-state index in [-0.39, 0.29) is 0 Å². The highest BCUT2D eigenvalue weighted by Gasteiger charge is 2.13. The Balaban J connectivity index is 2.47. The van der Waals surface area contributed by atoms with Gasteiger partial charge in [-0.1, -0.05) is 0 Å². The van der Waals surface area contributed by atoms with E-state index in [1.807, 2.05) is 6.07 Å². The van der Waals surface area contributed by atoms with E-state index in [0.29, 0.717) is 5.69 Å². The van der Waals surface area contributed by atoms with Crippen molar-refractivity contribution in [2.45, 2.75) is 12.8 Å². The molecule has 2 rings (SSSR count). The zero-order valence-corrected chi connectivity index (χ0v) is 7.62. The third-order valence-corrected chi connectivity index (χ3v) is 2.43. The number of anilines is 1. The molecule has 0 bridgehead atoms. The van der Waals surface area contributed by atoms with Gasteiger partial charge in [0.15, 0.2) is 0 Å². The SMILES string of the molecule is CN1CCCc2cc(C#N)ncc21. The number of fused-ring (bicyclic) bond motifs is 1. The van der Waals surface area contributed by atoms with Crippen LogP contribution in [-0.2, 0) is 6.42 Å². The van der Waals surface area contributed by atoms with Gasteiger partial charge in [0.05, 0.1) is 11.9 Å². The van der Waals surface area contributed by atoms with E-state index in [1.54, 1.807) is 6.20 Å². The topological polar surface area (TPSA) is 39.9 Å². The van der Waals surface area contributed by atoms with Crippen LogP contribution >= 0.6 is 0 Å². The summed E-state index contributed by atoms with van der Waals surface area (Å²) in [5.41, 5.74) is 2.94. The average Bonchev–Trinajstić information content (AvgIpc) is 2.18. The van der Waals surface area contributed by atoms with E-state index in [2.05, 4.69) is 23.0 Å². The quantitative estimate of drug-likeness (QED) is 0.594. The number of rotatable bonds is 0. The Hall–Kier alpha value is -1.56. The van der Waals surface area contributed by atoms with Gasteiger partial charge in [-0.2, -0.15) is 5.26 Å². The molecule has 3 nitrogen and oxygen atoms in total. The summed E-state index contributed by atoms with van der Waals surface area (Å²) in [6.45, 7) is 1.08. The Morgan fingerprint density at radius 1 is 1.62 bits per heavy atom. The molecule has 0 aromatic carbocycles. The molecule has 1 aliphatic heterocycles. The molecule has 0 atom stereocenters. The third-order valence-electron chi connectivity index (χ3n) is 2.43. The van der Waals surface area contributed by atoms with Gasteiger partial charge in [-0.15, -0.1) is 0 Å². The fourth-order valence-electron chi connectivity index (χ4n) is 1.72. The van der Waals surface area contributed by atoms with E-state index in [9.17, 15) is 0 Å². The van der Waals surface area contributed by atoms with Crippen LogP contribution in [0.5, 0.6) is 0 Å². The number of hydrogen-bond acceptors (Lipinski definition) is 3. The molecule has 0 fully saturated rings. The second-order valence-corrected chi connectivity index (χ2v) is 3.34. The maximum Gasteiger partial charge on any atom is 0.140 e. The lowest BCUT2D eigenvalue weighted by Crippen LogP contribution is -2.24. The molecule has 0 aliphatic carbocycles. The molecule has 1 aromatic rings. The number of pyridine rings is 1. The van der Waals surface area contributed by atoms with Crippen LogP contribution in [0, 0.1) is 11.3 Å². The van der Waals surface area contributed by atoms with E-state index in [1.165, 1.54) is 17.7 Å². The van der Waals surface area contributed by atoms with E-state index in [0.717, 1.165) is 13.0 Å². The summed E-state index contributed by atoms with van der Waals surface area (Å²) in [6, 6.07) is 3.96. The van der Waals surface area contributed by atoms with Gasteiger partial charge in [-0.3, -0.25) is 0 Å². The Labute approximate surface area is 77.6 Å². The highest BCUT2D eigenvalue weighted by atomic mass is 15.1. The van der Waals surface area contributed by atoms with E-state index in [4.69, 9.17) is 5.26 Å². The molecule has 3 heteroatoms. The maximum absolute atomic E-state index is 8.68. The lowest BCUT2D eigenvalue weighted by Gasteiger charge is -2.26. The fourth-order valence-corrected chi connectivity index (χ4v) is 1.72. The highest BCUT2D eigenvalue weighted by Crippen LogP contribution is 2.24. The van der Waals surface area contributed by atoms with Crippen molar-refractivity contribution in [3.8, 4) is 6.07 Å². The van der Waals surface area contributed by atoms with Crippen LogP contribution in [0.1, 0.15) is 17.7 Å². The molecule has 0 amide bonds. The van der Waals surface area contributed by atoms with Gasteiger partial charge in [0, 0.05) is 13.6 Å². The zero-order chi connectivity index (χ0) is 9.26. The Bertz CT molecular complexity index is 365. The number of aromatic nitrogens is 1. The van der Waals surface area contributed by atoms with Gasteiger partial charge in [0.2, 0.25) is 0 Å². The average molecular weight is 173 g/mol. The Morgan fingerprint density at radius 3 is 3.23 bits per heavy atom. The van der Waals surface area contributed by atoms with Crippen LogP contribution < -0.4 is 4.90 Å². The molecule has 0 radical (unpaired) electrons. The van der Waals surface area contributed by atoms with Gasteiger partial charge in [-0.25, -0.2) is 4.98 Å². The van der Waals surface area contributed by atoms with Gasteiger partial charge in [0.25, 0.3) is 0 Å². The third kappa shape index (κ3) is 1.35. The first kappa shape index (κ1) is 8.06. The molecule has 1 aromatic heterocycles. The zero-order valence-electron chi connectivity index (χ0n) is 7.62. The summed E-state index contributed by atoms with van der Waals surface area (Å²) in [5, 5.41) is 8.68. The summed E-state index contributed by atoms with van der Waals surface area (Å²) in [5.74, 6) is 0. The smallest absolute Gasteiger partial charge is 0.140 e. The van der Waals surface area contributed by atoms with Crippen molar-refractivity contribution >= 4 is 5.69 Å². The normalized spacial score (nSPS) is 14.9. The molecule has 0 N–H and O–H groups in total. The lowest BCUT2D eigenvalue weighted by atomic mass is 10.0. The van der Waals surface area contributed by atoms with Crippen molar-refractivity contribution in [1.82, 2.24) is 4.98 Å². The van der Waals surface area contributed by atoms with Crippen LogP contribution in [0.4, 0.5) is 5.69 Å². The number of aryl methyl sites for hydroxylation is 1. The summed E-state index contributed by atoms with van der Waals surface area (Å²) in [4.78, 5) is 6.25. The summed E-state index contributed by atoms with van der Waals surface area (Å²) >= 11 is 0. The minimum absolute atomic E-state index is 0.522. The summed E-state index contributed by atoms with van der Waals surface area (Å²) in [6.07, 6.45) is 4.03. The molecule has 0 saturated heterocycles. The van der Waals surface area contributed by atoms with Crippen LogP contribution in [0.2, 0.25) is 0 Å². The van der Waals surface area contributed by atoms with E-state index < -0.39 is 0 Å². The molecule has 1 aliphatic rings. The largest absolute Gasteiger partial charge is 0.373 e. The fraction of sp³-hybridized carbons (Fsp3) is 0.400. The molecule has 0 saturated carbocycles. The van der Waals surface area contributed by atoms with Crippen LogP contribution in [-0.4, -0.2) is 18.6 Å².